The van der Waals surface area contributed by atoms with Gasteiger partial charge in [-0.15, -0.1) is 23.7 Å². The number of aromatic hydroxyl groups is 1. The number of aromatic amines is 1. The lowest BCUT2D eigenvalue weighted by Gasteiger charge is -2.27. The molecule has 4 heterocycles. The number of hydrogen-bond donors (Lipinski definition) is 3. The first kappa shape index (κ1) is 22.0. The molecule has 0 atom stereocenters. The number of nitriles is 1. The summed E-state index contributed by atoms with van der Waals surface area (Å²) in [5.41, 5.74) is 2.57. The van der Waals surface area contributed by atoms with E-state index in [1.54, 1.807) is 11.3 Å². The first-order valence-electron chi connectivity index (χ1n) is 9.90. The van der Waals surface area contributed by atoms with Gasteiger partial charge >= 0.3 is 0 Å². The van der Waals surface area contributed by atoms with Crippen LogP contribution in [0.15, 0.2) is 30.3 Å². The van der Waals surface area contributed by atoms with Crippen LogP contribution in [0.25, 0.3) is 32.7 Å². The number of phenolic OH excluding ortho intramolecular Hbond substituents is 1. The number of anilines is 1. The third-order valence-electron chi connectivity index (χ3n) is 5.47. The smallest absolute Gasteiger partial charge is 0.182 e. The molecule has 1 aliphatic rings. The van der Waals surface area contributed by atoms with Crippen molar-refractivity contribution in [2.45, 2.75) is 6.92 Å². The predicted octanol–water partition coefficient (Wildman–Crippen LogP) is 4.21. The number of benzene rings is 1. The number of nitrogens with zero attached hydrogens (tertiary/aromatic N) is 4. The molecule has 0 radical (unpaired) electrons. The summed E-state index contributed by atoms with van der Waals surface area (Å²) in [5.74, 6) is -0.829. The summed E-state index contributed by atoms with van der Waals surface area (Å²) in [6.45, 7) is 5.59. The predicted molar refractivity (Wildman–Crippen MR) is 126 cm³/mol. The first-order chi connectivity index (χ1) is 15.1. The SMILES string of the molecule is Cc1[nH]nc2nc(-c3ccc(O)cc3F)c(C#N)c(-c3ccc(N4CCNCC4)s3)c12.Cl. The Bertz CT molecular complexity index is 1340. The molecule has 1 saturated heterocycles. The summed E-state index contributed by atoms with van der Waals surface area (Å²) in [7, 11) is 0. The molecule has 0 saturated carbocycles. The zero-order valence-electron chi connectivity index (χ0n) is 17.1. The molecular weight excluding hydrogens is 451 g/mol. The average molecular weight is 471 g/mol. The number of piperazine rings is 1. The number of nitrogens with one attached hydrogen (secondary N) is 2. The lowest BCUT2D eigenvalue weighted by Crippen LogP contribution is -2.43. The topological polar surface area (TPSA) is 101 Å². The van der Waals surface area contributed by atoms with Crippen molar-refractivity contribution in [2.75, 3.05) is 31.1 Å². The number of fused-ring (bicyclic) bond motifs is 1. The minimum Gasteiger partial charge on any atom is -0.508 e. The normalized spacial score (nSPS) is 13.7. The second-order valence-corrected chi connectivity index (χ2v) is 8.47. The van der Waals surface area contributed by atoms with E-state index in [0.29, 0.717) is 11.2 Å². The highest BCUT2D eigenvalue weighted by Crippen LogP contribution is 2.42. The molecule has 1 fully saturated rings. The van der Waals surface area contributed by atoms with E-state index in [0.717, 1.165) is 53.2 Å². The van der Waals surface area contributed by atoms with E-state index >= 15 is 0 Å². The van der Waals surface area contributed by atoms with E-state index in [-0.39, 0.29) is 35.0 Å². The number of hydrogen-bond acceptors (Lipinski definition) is 7. The summed E-state index contributed by atoms with van der Waals surface area (Å²) in [6.07, 6.45) is 0. The molecule has 1 aromatic carbocycles. The Morgan fingerprint density at radius 3 is 2.72 bits per heavy atom. The van der Waals surface area contributed by atoms with Crippen molar-refractivity contribution in [2.24, 2.45) is 0 Å². The molecule has 32 heavy (non-hydrogen) atoms. The fourth-order valence-electron chi connectivity index (χ4n) is 3.97. The molecule has 0 aliphatic carbocycles. The van der Waals surface area contributed by atoms with Crippen molar-refractivity contribution in [3.8, 4) is 33.5 Å². The van der Waals surface area contributed by atoms with Crippen molar-refractivity contribution in [1.29, 1.82) is 5.26 Å². The fourth-order valence-corrected chi connectivity index (χ4v) is 5.08. The highest BCUT2D eigenvalue weighted by Gasteiger charge is 2.24. The van der Waals surface area contributed by atoms with Crippen LogP contribution in [0.1, 0.15) is 11.3 Å². The molecule has 4 aromatic rings. The molecule has 0 bridgehead atoms. The van der Waals surface area contributed by atoms with Crippen molar-refractivity contribution in [3.63, 3.8) is 0 Å². The number of aryl methyl sites for hydroxylation is 1. The minimum atomic E-state index is -0.644. The molecule has 3 N–H and O–H groups in total. The van der Waals surface area contributed by atoms with Gasteiger partial charge < -0.3 is 15.3 Å². The Morgan fingerprint density at radius 1 is 1.22 bits per heavy atom. The van der Waals surface area contributed by atoms with E-state index in [1.807, 2.05) is 13.0 Å². The van der Waals surface area contributed by atoms with Gasteiger partial charge in [-0.3, -0.25) is 5.10 Å². The maximum Gasteiger partial charge on any atom is 0.182 e. The molecule has 7 nitrogen and oxygen atoms in total. The maximum atomic E-state index is 14.7. The molecule has 3 aromatic heterocycles. The van der Waals surface area contributed by atoms with E-state index in [2.05, 4.69) is 37.5 Å². The van der Waals surface area contributed by atoms with Crippen LogP contribution >= 0.6 is 23.7 Å². The van der Waals surface area contributed by atoms with Gasteiger partial charge in [0.1, 0.15) is 17.6 Å². The Morgan fingerprint density at radius 2 is 2.00 bits per heavy atom. The standard InChI is InChI=1S/C22H19FN6OS.ClH/c1-12-19-20(17-4-5-18(31-17)29-8-6-25-7-9-29)15(11-24)21(26-22(19)28-27-12)14-3-2-13(30)10-16(14)23;/h2-5,10,25,30H,6-9H2,1H3,(H,26,27,28);1H. The van der Waals surface area contributed by atoms with Gasteiger partial charge in [-0.2, -0.15) is 10.4 Å². The molecule has 1 aliphatic heterocycles. The number of rotatable bonds is 3. The summed E-state index contributed by atoms with van der Waals surface area (Å²) in [4.78, 5) is 7.73. The van der Waals surface area contributed by atoms with Crippen LogP contribution in [-0.4, -0.2) is 46.5 Å². The number of thiophene rings is 1. The zero-order valence-corrected chi connectivity index (χ0v) is 18.8. The molecule has 0 amide bonds. The van der Waals surface area contributed by atoms with Crippen LogP contribution in [0.4, 0.5) is 9.39 Å². The molecule has 0 spiro atoms. The molecule has 5 rings (SSSR count). The van der Waals surface area contributed by atoms with Crippen molar-refractivity contribution >= 4 is 39.8 Å². The third kappa shape index (κ3) is 3.66. The van der Waals surface area contributed by atoms with Gasteiger partial charge in [0.05, 0.1) is 21.6 Å². The van der Waals surface area contributed by atoms with Crippen LogP contribution in [0, 0.1) is 24.1 Å². The van der Waals surface area contributed by atoms with Crippen LogP contribution in [0.3, 0.4) is 0 Å². The van der Waals surface area contributed by atoms with Crippen LogP contribution in [0.5, 0.6) is 5.75 Å². The average Bonchev–Trinajstić information content (AvgIpc) is 3.40. The highest BCUT2D eigenvalue weighted by molar-refractivity contribution is 7.19. The lowest BCUT2D eigenvalue weighted by molar-refractivity contribution is 0.469. The number of aromatic nitrogens is 3. The summed E-state index contributed by atoms with van der Waals surface area (Å²) >= 11 is 1.60. The molecule has 164 valence electrons. The summed E-state index contributed by atoms with van der Waals surface area (Å²) < 4.78 is 14.7. The molecule has 0 unspecified atom stereocenters. The van der Waals surface area contributed by atoms with Gasteiger partial charge in [-0.05, 0) is 31.2 Å². The van der Waals surface area contributed by atoms with Crippen LogP contribution in [-0.2, 0) is 0 Å². The maximum absolute atomic E-state index is 14.7. The number of phenols is 1. The Labute approximate surface area is 193 Å². The summed E-state index contributed by atoms with van der Waals surface area (Å²) in [5, 5.41) is 32.2. The lowest BCUT2D eigenvalue weighted by atomic mass is 9.97. The first-order valence-corrected chi connectivity index (χ1v) is 10.7. The van der Waals surface area contributed by atoms with E-state index in [9.17, 15) is 14.8 Å². The largest absolute Gasteiger partial charge is 0.508 e. The number of halogens is 2. The van der Waals surface area contributed by atoms with Gasteiger partial charge in [-0.25, -0.2) is 9.37 Å². The van der Waals surface area contributed by atoms with Crippen molar-refractivity contribution in [3.05, 3.63) is 47.4 Å². The zero-order chi connectivity index (χ0) is 21.5. The van der Waals surface area contributed by atoms with E-state index in [4.69, 9.17) is 0 Å². The molecule has 10 heteroatoms. The van der Waals surface area contributed by atoms with Gasteiger partial charge in [0, 0.05) is 53.9 Å². The van der Waals surface area contributed by atoms with Gasteiger partial charge in [-0.1, -0.05) is 0 Å². The third-order valence-corrected chi connectivity index (χ3v) is 6.63. The van der Waals surface area contributed by atoms with Gasteiger partial charge in [0.15, 0.2) is 5.65 Å². The quantitative estimate of drug-likeness (QED) is 0.414. The second-order valence-electron chi connectivity index (χ2n) is 7.41. The number of H-pyrrole nitrogens is 1. The fraction of sp³-hybridized carbons (Fsp3) is 0.227. The van der Waals surface area contributed by atoms with E-state index < -0.39 is 5.82 Å². The molecular formula is C22H20ClFN6OS. The number of pyridine rings is 1. The van der Waals surface area contributed by atoms with Gasteiger partial charge in [0.25, 0.3) is 0 Å². The van der Waals surface area contributed by atoms with Crippen molar-refractivity contribution in [1.82, 2.24) is 20.5 Å². The summed E-state index contributed by atoms with van der Waals surface area (Å²) in [6, 6.07) is 10.2. The van der Waals surface area contributed by atoms with Crippen LogP contribution in [0.2, 0.25) is 0 Å². The Hall–Kier alpha value is -3.19. The minimum absolute atomic E-state index is 0. The van der Waals surface area contributed by atoms with Gasteiger partial charge in [0.2, 0.25) is 0 Å². The Kier molecular flexibility index (Phi) is 6.02. The Balaban J connectivity index is 0.00000245. The highest BCUT2D eigenvalue weighted by atomic mass is 35.5. The van der Waals surface area contributed by atoms with Crippen LogP contribution < -0.4 is 10.2 Å². The monoisotopic (exact) mass is 470 g/mol. The second kappa shape index (κ2) is 8.74. The van der Waals surface area contributed by atoms with E-state index in [1.165, 1.54) is 12.1 Å². The van der Waals surface area contributed by atoms with Crippen molar-refractivity contribution < 1.29 is 9.50 Å².